The predicted molar refractivity (Wildman–Crippen MR) is 128 cm³/mol. The fraction of sp³-hybridized carbons (Fsp3) is 0.360. The molecule has 4 rings (SSSR count). The molecule has 0 bridgehead atoms. The highest BCUT2D eigenvalue weighted by molar-refractivity contribution is 7.80. The van der Waals surface area contributed by atoms with Crippen molar-refractivity contribution in [3.8, 4) is 11.1 Å². The van der Waals surface area contributed by atoms with Gasteiger partial charge in [-0.15, -0.1) is 12.6 Å². The Bertz CT molecular complexity index is 1100. The SMILES string of the molecule is FC(F)(F)c1ccc(NC2CCCCC2)nc1.OC(c1cc(-c2ccc(S)cc2)ccn1)C(F)(F)F. The lowest BCUT2D eigenvalue weighted by Gasteiger charge is -2.23. The van der Waals surface area contributed by atoms with Crippen molar-refractivity contribution >= 4 is 18.4 Å². The molecule has 1 aliphatic carbocycles. The van der Waals surface area contributed by atoms with Gasteiger partial charge >= 0.3 is 12.4 Å². The minimum Gasteiger partial charge on any atom is -0.378 e. The van der Waals surface area contributed by atoms with Gasteiger partial charge in [0.05, 0.1) is 11.3 Å². The maximum atomic E-state index is 12.4. The molecule has 11 heteroatoms. The van der Waals surface area contributed by atoms with Crippen molar-refractivity contribution in [1.82, 2.24) is 9.97 Å². The van der Waals surface area contributed by atoms with Crippen LogP contribution in [0.25, 0.3) is 11.1 Å². The number of nitrogens with one attached hydrogen (secondary N) is 1. The summed E-state index contributed by atoms with van der Waals surface area (Å²) in [6.45, 7) is 0. The maximum absolute atomic E-state index is 12.4. The van der Waals surface area contributed by atoms with Gasteiger partial charge in [-0.05, 0) is 60.4 Å². The summed E-state index contributed by atoms with van der Waals surface area (Å²) in [5.74, 6) is 0.532. The molecule has 2 aromatic heterocycles. The summed E-state index contributed by atoms with van der Waals surface area (Å²) >= 11 is 4.13. The van der Waals surface area contributed by atoms with Crippen LogP contribution in [0.4, 0.5) is 32.2 Å². The number of nitrogens with zero attached hydrogens (tertiary/aromatic N) is 2. The van der Waals surface area contributed by atoms with Gasteiger partial charge in [0.2, 0.25) is 0 Å². The smallest absolute Gasteiger partial charge is 0.378 e. The number of hydrogen-bond acceptors (Lipinski definition) is 5. The van der Waals surface area contributed by atoms with E-state index in [4.69, 9.17) is 0 Å². The molecule has 0 saturated heterocycles. The number of aliphatic hydroxyl groups is 1. The number of thiol groups is 1. The Labute approximate surface area is 210 Å². The fourth-order valence-electron chi connectivity index (χ4n) is 3.70. The first kappa shape index (κ1) is 27.8. The van der Waals surface area contributed by atoms with E-state index in [0.29, 0.717) is 17.4 Å². The number of halogens is 6. The molecule has 0 radical (unpaired) electrons. The summed E-state index contributed by atoms with van der Waals surface area (Å²) in [6.07, 6.45) is -3.73. The van der Waals surface area contributed by atoms with Gasteiger partial charge in [0.25, 0.3) is 0 Å². The number of pyridine rings is 2. The summed E-state index contributed by atoms with van der Waals surface area (Å²) in [5.41, 5.74) is 0.170. The molecular weight excluding hydrogens is 504 g/mol. The Morgan fingerprint density at radius 3 is 2.08 bits per heavy atom. The van der Waals surface area contributed by atoms with Gasteiger partial charge in [-0.2, -0.15) is 26.3 Å². The lowest BCUT2D eigenvalue weighted by molar-refractivity contribution is -0.207. The van der Waals surface area contributed by atoms with Crippen molar-refractivity contribution in [3.63, 3.8) is 0 Å². The first-order valence-electron chi connectivity index (χ1n) is 11.2. The van der Waals surface area contributed by atoms with Crippen molar-refractivity contribution in [2.45, 2.75) is 61.5 Å². The Kier molecular flexibility index (Phi) is 9.24. The van der Waals surface area contributed by atoms with Crippen LogP contribution in [0.5, 0.6) is 0 Å². The van der Waals surface area contributed by atoms with Crippen molar-refractivity contribution in [2.75, 3.05) is 5.32 Å². The molecule has 1 unspecified atom stereocenters. The Morgan fingerprint density at radius 1 is 0.861 bits per heavy atom. The first-order chi connectivity index (χ1) is 16.9. The largest absolute Gasteiger partial charge is 0.420 e. The molecule has 2 N–H and O–H groups in total. The third-order valence-electron chi connectivity index (χ3n) is 5.62. The minimum absolute atomic E-state index is 0.355. The van der Waals surface area contributed by atoms with E-state index in [-0.39, 0.29) is 0 Å². The fourth-order valence-corrected chi connectivity index (χ4v) is 3.85. The second-order valence-electron chi connectivity index (χ2n) is 8.37. The molecule has 194 valence electrons. The molecule has 0 spiro atoms. The molecule has 0 aliphatic heterocycles. The highest BCUT2D eigenvalue weighted by Gasteiger charge is 2.40. The Balaban J connectivity index is 0.000000202. The van der Waals surface area contributed by atoms with Gasteiger partial charge in [0.1, 0.15) is 5.82 Å². The van der Waals surface area contributed by atoms with E-state index >= 15 is 0 Å². The van der Waals surface area contributed by atoms with Crippen molar-refractivity contribution in [2.24, 2.45) is 0 Å². The monoisotopic (exact) mass is 529 g/mol. The van der Waals surface area contributed by atoms with Gasteiger partial charge in [-0.25, -0.2) is 4.98 Å². The molecule has 1 fully saturated rings. The second kappa shape index (κ2) is 12.0. The molecular formula is C25H25F6N3OS. The minimum atomic E-state index is -4.72. The lowest BCUT2D eigenvalue weighted by Crippen LogP contribution is -2.22. The molecule has 0 amide bonds. The van der Waals surface area contributed by atoms with Gasteiger partial charge in [-0.1, -0.05) is 31.4 Å². The van der Waals surface area contributed by atoms with Gasteiger partial charge in [-0.3, -0.25) is 4.98 Å². The number of benzene rings is 1. The van der Waals surface area contributed by atoms with E-state index in [1.165, 1.54) is 37.6 Å². The summed E-state index contributed by atoms with van der Waals surface area (Å²) in [7, 11) is 0. The molecule has 4 nitrogen and oxygen atoms in total. The normalized spacial score (nSPS) is 15.6. The van der Waals surface area contributed by atoms with Crippen LogP contribution in [-0.2, 0) is 6.18 Å². The van der Waals surface area contributed by atoms with Crippen molar-refractivity contribution in [1.29, 1.82) is 0 Å². The van der Waals surface area contributed by atoms with Crippen LogP contribution < -0.4 is 5.32 Å². The molecule has 1 atom stereocenters. The van der Waals surface area contributed by atoms with Crippen LogP contribution in [-0.4, -0.2) is 27.3 Å². The van der Waals surface area contributed by atoms with Crippen LogP contribution in [0, 0.1) is 0 Å². The summed E-state index contributed by atoms with van der Waals surface area (Å²) < 4.78 is 74.2. The van der Waals surface area contributed by atoms with Crippen LogP contribution in [0.3, 0.4) is 0 Å². The van der Waals surface area contributed by atoms with E-state index in [1.807, 2.05) is 0 Å². The Morgan fingerprint density at radius 2 is 1.53 bits per heavy atom. The summed E-state index contributed by atoms with van der Waals surface area (Å²) in [5, 5.41) is 12.4. The van der Waals surface area contributed by atoms with Crippen LogP contribution in [0.1, 0.15) is 49.5 Å². The van der Waals surface area contributed by atoms with Gasteiger partial charge < -0.3 is 10.4 Å². The molecule has 36 heavy (non-hydrogen) atoms. The standard InChI is InChI=1S/C13H10F3NOS.C12H15F3N2/c14-13(15,16)12(18)11-7-9(5-6-17-11)8-1-3-10(19)4-2-8;13-12(14,15)9-6-7-11(16-8-9)17-10-4-2-1-3-5-10/h1-7,12,18-19H;6-8,10H,1-5H2,(H,16,17). The van der Waals surface area contributed by atoms with Gasteiger partial charge in [0, 0.05) is 23.3 Å². The average Bonchev–Trinajstić information content (AvgIpc) is 2.84. The number of anilines is 1. The zero-order chi connectivity index (χ0) is 26.3. The van der Waals surface area contributed by atoms with Crippen molar-refractivity contribution in [3.05, 3.63) is 72.2 Å². The van der Waals surface area contributed by atoms with Crippen LogP contribution >= 0.6 is 12.6 Å². The van der Waals surface area contributed by atoms with Crippen molar-refractivity contribution < 1.29 is 31.4 Å². The summed E-state index contributed by atoms with van der Waals surface area (Å²) in [6, 6.07) is 12.6. The highest BCUT2D eigenvalue weighted by atomic mass is 32.1. The third kappa shape index (κ3) is 8.12. The number of aliphatic hydroxyl groups excluding tert-OH is 1. The molecule has 1 aliphatic rings. The topological polar surface area (TPSA) is 58.0 Å². The predicted octanol–water partition coefficient (Wildman–Crippen LogP) is 7.48. The molecule has 2 heterocycles. The molecule has 3 aromatic rings. The molecule has 1 saturated carbocycles. The highest BCUT2D eigenvalue weighted by Crippen LogP contribution is 2.33. The number of alkyl halides is 6. The molecule has 1 aromatic carbocycles. The number of rotatable bonds is 4. The van der Waals surface area contributed by atoms with E-state index in [1.54, 1.807) is 30.3 Å². The number of aromatic nitrogens is 2. The second-order valence-corrected chi connectivity index (χ2v) is 8.89. The Hall–Kier alpha value is -2.79. The number of hydrogen-bond donors (Lipinski definition) is 3. The third-order valence-corrected chi connectivity index (χ3v) is 5.92. The average molecular weight is 530 g/mol. The summed E-state index contributed by atoms with van der Waals surface area (Å²) in [4.78, 5) is 8.13. The first-order valence-corrected chi connectivity index (χ1v) is 11.7. The maximum Gasteiger partial charge on any atom is 0.420 e. The van der Waals surface area contributed by atoms with Crippen LogP contribution in [0.2, 0.25) is 0 Å². The lowest BCUT2D eigenvalue weighted by atomic mass is 9.95. The van der Waals surface area contributed by atoms with E-state index < -0.39 is 29.7 Å². The zero-order valence-corrected chi connectivity index (χ0v) is 19.9. The zero-order valence-electron chi connectivity index (χ0n) is 19.0. The van der Waals surface area contributed by atoms with E-state index in [2.05, 4.69) is 27.9 Å². The van der Waals surface area contributed by atoms with E-state index in [9.17, 15) is 31.4 Å². The van der Waals surface area contributed by atoms with E-state index in [0.717, 1.165) is 35.6 Å². The van der Waals surface area contributed by atoms with Gasteiger partial charge in [0.15, 0.2) is 6.10 Å². The quantitative estimate of drug-likeness (QED) is 0.242. The van der Waals surface area contributed by atoms with Crippen LogP contribution in [0.15, 0.2) is 65.8 Å².